The molecule has 0 heterocycles. The van der Waals surface area contributed by atoms with E-state index in [0.717, 1.165) is 16.7 Å². The molecule has 0 N–H and O–H groups in total. The number of carbonyl (C=O) groups excluding carboxylic acids is 1. The molecule has 2 aliphatic carbocycles. The summed E-state index contributed by atoms with van der Waals surface area (Å²) in [6, 6.07) is 11.8. The molecule has 0 spiro atoms. The fourth-order valence-corrected chi connectivity index (χ4v) is 1.72. The van der Waals surface area contributed by atoms with Crippen LogP contribution in [0, 0.1) is 6.92 Å². The van der Waals surface area contributed by atoms with Crippen molar-refractivity contribution >= 4 is 5.97 Å². The van der Waals surface area contributed by atoms with E-state index < -0.39 is 0 Å². The number of carbonyl (C=O) groups is 1. The lowest BCUT2D eigenvalue weighted by molar-refractivity contribution is -0.130. The van der Waals surface area contributed by atoms with Crippen molar-refractivity contribution in [1.29, 1.82) is 0 Å². The van der Waals surface area contributed by atoms with Gasteiger partial charge < -0.3 is 4.74 Å². The van der Waals surface area contributed by atoms with Crippen LogP contribution in [0.2, 0.25) is 0 Å². The van der Waals surface area contributed by atoms with E-state index in [2.05, 4.69) is 6.58 Å². The first-order chi connectivity index (χ1) is 8.09. The van der Waals surface area contributed by atoms with Gasteiger partial charge in [0.15, 0.2) is 0 Å². The van der Waals surface area contributed by atoms with Gasteiger partial charge in [-0.15, -0.1) is 0 Å². The molecule has 2 nitrogen and oxygen atoms in total. The van der Waals surface area contributed by atoms with Crippen LogP contribution < -0.4 is 4.74 Å². The zero-order chi connectivity index (χ0) is 12.4. The zero-order valence-corrected chi connectivity index (χ0v) is 9.99. The number of hydrogen-bond donors (Lipinski definition) is 0. The Hall–Kier alpha value is -2.09. The van der Waals surface area contributed by atoms with E-state index >= 15 is 0 Å². The van der Waals surface area contributed by atoms with Gasteiger partial charge in [0, 0.05) is 11.1 Å². The third-order valence-corrected chi connectivity index (χ3v) is 2.59. The standard InChI is InChI=1S/C15H14O2/c1-10(2)15(16)17-14-11(3)9-12-7-5-4-6-8-13(12)14/h4-9H,1H2,2-3H3. The van der Waals surface area contributed by atoms with Crippen LogP contribution in [-0.4, -0.2) is 5.97 Å². The molecule has 0 aromatic carbocycles. The second kappa shape index (κ2) is 4.42. The van der Waals surface area contributed by atoms with Crippen molar-refractivity contribution in [3.63, 3.8) is 0 Å². The summed E-state index contributed by atoms with van der Waals surface area (Å²) in [5.41, 5.74) is 3.37. The summed E-state index contributed by atoms with van der Waals surface area (Å²) in [4.78, 5) is 11.6. The number of ether oxygens (including phenoxy) is 1. The highest BCUT2D eigenvalue weighted by atomic mass is 16.5. The number of hydrogen-bond acceptors (Lipinski definition) is 2. The van der Waals surface area contributed by atoms with E-state index in [4.69, 9.17) is 4.74 Å². The number of fused-ring (bicyclic) bond motifs is 1. The number of aryl methyl sites for hydroxylation is 1. The minimum Gasteiger partial charge on any atom is -0.422 e. The molecule has 0 aromatic rings. The summed E-state index contributed by atoms with van der Waals surface area (Å²) < 4.78 is 5.36. The van der Waals surface area contributed by atoms with Gasteiger partial charge in [0.05, 0.1) is 0 Å². The van der Waals surface area contributed by atoms with Gasteiger partial charge in [-0.05, 0) is 31.0 Å². The average Bonchev–Trinajstić information content (AvgIpc) is 2.48. The molecule has 0 atom stereocenters. The molecular weight excluding hydrogens is 212 g/mol. The van der Waals surface area contributed by atoms with E-state index in [0.29, 0.717) is 11.3 Å². The van der Waals surface area contributed by atoms with Crippen LogP contribution in [-0.2, 0) is 4.79 Å². The van der Waals surface area contributed by atoms with Crippen molar-refractivity contribution in [2.24, 2.45) is 0 Å². The Morgan fingerprint density at radius 2 is 1.94 bits per heavy atom. The largest absolute Gasteiger partial charge is 0.422 e. The molecule has 0 amide bonds. The molecular formula is C15H14O2. The van der Waals surface area contributed by atoms with E-state index in [1.54, 1.807) is 6.92 Å². The normalized spacial score (nSPS) is 10.2. The second-order valence-corrected chi connectivity index (χ2v) is 4.11. The quantitative estimate of drug-likeness (QED) is 0.578. The van der Waals surface area contributed by atoms with Gasteiger partial charge in [-0.25, -0.2) is 4.79 Å². The lowest BCUT2D eigenvalue weighted by Crippen LogP contribution is -2.08. The summed E-state index contributed by atoms with van der Waals surface area (Å²) in [7, 11) is 0. The molecule has 0 saturated carbocycles. The Bertz CT molecular complexity index is 555. The maximum atomic E-state index is 11.6. The highest BCUT2D eigenvalue weighted by molar-refractivity contribution is 5.91. The van der Waals surface area contributed by atoms with E-state index in [1.807, 2.05) is 43.3 Å². The van der Waals surface area contributed by atoms with Crippen LogP contribution in [0.15, 0.2) is 48.6 Å². The Morgan fingerprint density at radius 1 is 1.24 bits per heavy atom. The predicted octanol–water partition coefficient (Wildman–Crippen LogP) is 3.58. The summed E-state index contributed by atoms with van der Waals surface area (Å²) >= 11 is 0. The fraction of sp³-hybridized carbons (Fsp3) is 0.133. The van der Waals surface area contributed by atoms with E-state index in [-0.39, 0.29) is 5.97 Å². The highest BCUT2D eigenvalue weighted by Crippen LogP contribution is 2.37. The Kier molecular flexibility index (Phi) is 2.96. The van der Waals surface area contributed by atoms with Crippen molar-refractivity contribution in [1.82, 2.24) is 0 Å². The van der Waals surface area contributed by atoms with Gasteiger partial charge in [-0.2, -0.15) is 0 Å². The smallest absolute Gasteiger partial charge is 0.338 e. The summed E-state index contributed by atoms with van der Waals surface area (Å²) in [5, 5.41) is 0. The molecule has 2 aliphatic rings. The molecule has 86 valence electrons. The Balaban J connectivity index is 2.46. The lowest BCUT2D eigenvalue weighted by atomic mass is 10.2. The molecule has 0 radical (unpaired) electrons. The molecule has 0 unspecified atom stereocenters. The van der Waals surface area contributed by atoms with E-state index in [1.165, 1.54) is 0 Å². The van der Waals surface area contributed by atoms with Crippen molar-refractivity contribution < 1.29 is 9.53 Å². The van der Waals surface area contributed by atoms with Crippen molar-refractivity contribution in [3.05, 3.63) is 54.1 Å². The SMILES string of the molecule is C=C(C)C(=O)Oc1c(C)cc2cccccc1-2. The van der Waals surface area contributed by atoms with Gasteiger partial charge in [0.2, 0.25) is 0 Å². The Labute approximate surface area is 101 Å². The third kappa shape index (κ3) is 2.21. The summed E-state index contributed by atoms with van der Waals surface area (Å²) in [6.07, 6.45) is 0. The fourth-order valence-electron chi connectivity index (χ4n) is 1.72. The number of rotatable bonds is 2. The summed E-state index contributed by atoms with van der Waals surface area (Å²) in [6.45, 7) is 7.16. The Morgan fingerprint density at radius 3 is 2.65 bits per heavy atom. The number of esters is 1. The molecule has 0 bridgehead atoms. The van der Waals surface area contributed by atoms with Crippen LogP contribution in [0.25, 0.3) is 11.1 Å². The van der Waals surface area contributed by atoms with Gasteiger partial charge in [0.25, 0.3) is 0 Å². The van der Waals surface area contributed by atoms with Crippen molar-refractivity contribution in [3.8, 4) is 16.9 Å². The first-order valence-electron chi connectivity index (χ1n) is 5.45. The molecule has 2 rings (SSSR count). The van der Waals surface area contributed by atoms with Gasteiger partial charge in [-0.3, -0.25) is 0 Å². The molecule has 0 fully saturated rings. The molecule has 2 heteroatoms. The molecule has 0 aliphatic heterocycles. The van der Waals surface area contributed by atoms with Crippen LogP contribution >= 0.6 is 0 Å². The van der Waals surface area contributed by atoms with Crippen LogP contribution in [0.1, 0.15) is 12.5 Å². The van der Waals surface area contributed by atoms with Crippen LogP contribution in [0.4, 0.5) is 0 Å². The topological polar surface area (TPSA) is 26.3 Å². The third-order valence-electron chi connectivity index (χ3n) is 2.59. The van der Waals surface area contributed by atoms with Crippen molar-refractivity contribution in [2.45, 2.75) is 13.8 Å². The maximum absolute atomic E-state index is 11.6. The molecule has 0 aromatic heterocycles. The second-order valence-electron chi connectivity index (χ2n) is 4.11. The van der Waals surface area contributed by atoms with Gasteiger partial charge in [-0.1, -0.05) is 36.9 Å². The molecule has 0 saturated heterocycles. The van der Waals surface area contributed by atoms with Gasteiger partial charge >= 0.3 is 5.97 Å². The highest BCUT2D eigenvalue weighted by Gasteiger charge is 2.16. The molecule has 17 heavy (non-hydrogen) atoms. The van der Waals surface area contributed by atoms with E-state index in [9.17, 15) is 4.79 Å². The zero-order valence-electron chi connectivity index (χ0n) is 9.99. The van der Waals surface area contributed by atoms with Crippen LogP contribution in [0.5, 0.6) is 5.75 Å². The predicted molar refractivity (Wildman–Crippen MR) is 68.3 cm³/mol. The monoisotopic (exact) mass is 226 g/mol. The minimum absolute atomic E-state index is 0.382. The van der Waals surface area contributed by atoms with Crippen LogP contribution in [0.3, 0.4) is 0 Å². The average molecular weight is 226 g/mol. The minimum atomic E-state index is -0.382. The van der Waals surface area contributed by atoms with Gasteiger partial charge in [0.1, 0.15) is 5.75 Å². The first-order valence-corrected chi connectivity index (χ1v) is 5.45. The van der Waals surface area contributed by atoms with Crippen molar-refractivity contribution in [2.75, 3.05) is 0 Å². The first kappa shape index (κ1) is 11.4. The lowest BCUT2D eigenvalue weighted by Gasteiger charge is -2.05. The maximum Gasteiger partial charge on any atom is 0.338 e. The summed E-state index contributed by atoms with van der Waals surface area (Å²) in [5.74, 6) is 0.247.